The maximum atomic E-state index is 5.11. The van der Waals surface area contributed by atoms with Gasteiger partial charge in [-0.2, -0.15) is 0 Å². The minimum Gasteiger partial charge on any atom is -0.368 e. The first-order valence-electron chi connectivity index (χ1n) is 3.39. The van der Waals surface area contributed by atoms with Crippen molar-refractivity contribution >= 4 is 0 Å². The van der Waals surface area contributed by atoms with E-state index in [0.717, 1.165) is 6.61 Å². The van der Waals surface area contributed by atoms with Crippen molar-refractivity contribution in [1.82, 2.24) is 4.98 Å². The van der Waals surface area contributed by atoms with Crippen molar-refractivity contribution < 1.29 is 4.74 Å². The molecule has 0 aliphatic carbocycles. The monoisotopic (exact) mass is 135 g/mol. The number of aryl methyl sites for hydroxylation is 1. The van der Waals surface area contributed by atoms with Crippen molar-refractivity contribution in [2.24, 2.45) is 0 Å². The average molecular weight is 135 g/mol. The van der Waals surface area contributed by atoms with Crippen LogP contribution in [0.5, 0.6) is 0 Å². The largest absolute Gasteiger partial charge is 0.368 e. The molecular weight excluding hydrogens is 126 g/mol. The van der Waals surface area contributed by atoms with E-state index in [9.17, 15) is 0 Å². The summed E-state index contributed by atoms with van der Waals surface area (Å²) in [4.78, 5) is 4.07. The predicted molar refractivity (Wildman–Crippen MR) is 37.7 cm³/mol. The van der Waals surface area contributed by atoms with Gasteiger partial charge in [0.05, 0.1) is 6.61 Å². The summed E-state index contributed by atoms with van der Waals surface area (Å²) in [6, 6.07) is 2.12. The van der Waals surface area contributed by atoms with Crippen LogP contribution in [0.25, 0.3) is 0 Å². The van der Waals surface area contributed by atoms with Gasteiger partial charge in [0.25, 0.3) is 0 Å². The van der Waals surface area contributed by atoms with E-state index in [-0.39, 0.29) is 0 Å². The van der Waals surface area contributed by atoms with Crippen molar-refractivity contribution in [3.8, 4) is 0 Å². The highest BCUT2D eigenvalue weighted by Gasteiger charge is 2.24. The molecule has 0 radical (unpaired) electrons. The van der Waals surface area contributed by atoms with Crippen LogP contribution in [0, 0.1) is 6.92 Å². The van der Waals surface area contributed by atoms with E-state index < -0.39 is 0 Å². The molecule has 2 heterocycles. The Morgan fingerprint density at radius 1 is 1.60 bits per heavy atom. The lowest BCUT2D eigenvalue weighted by atomic mass is 10.2. The van der Waals surface area contributed by atoms with Crippen LogP contribution in [0.15, 0.2) is 18.5 Å². The molecule has 52 valence electrons. The van der Waals surface area contributed by atoms with Gasteiger partial charge < -0.3 is 4.74 Å². The summed E-state index contributed by atoms with van der Waals surface area (Å²) >= 11 is 0. The summed E-state index contributed by atoms with van der Waals surface area (Å²) < 4.78 is 5.11. The van der Waals surface area contributed by atoms with E-state index in [1.54, 1.807) is 0 Å². The lowest BCUT2D eigenvalue weighted by Gasteiger charge is -1.94. The zero-order chi connectivity index (χ0) is 6.97. The number of ether oxygens (including phenoxy) is 1. The highest BCUT2D eigenvalue weighted by Crippen LogP contribution is 2.28. The summed E-state index contributed by atoms with van der Waals surface area (Å²) in [7, 11) is 0. The summed E-state index contributed by atoms with van der Waals surface area (Å²) in [5.74, 6) is 0. The minimum absolute atomic E-state index is 0.340. The van der Waals surface area contributed by atoms with Gasteiger partial charge in [-0.05, 0) is 12.5 Å². The SMILES string of the molecule is Cc1cncc([C@@H]2CO2)c1. The highest BCUT2D eigenvalue weighted by molar-refractivity contribution is 5.21. The van der Waals surface area contributed by atoms with Crippen molar-refractivity contribution in [1.29, 1.82) is 0 Å². The minimum atomic E-state index is 0.340. The number of aromatic nitrogens is 1. The van der Waals surface area contributed by atoms with E-state index in [1.165, 1.54) is 11.1 Å². The fourth-order valence-electron chi connectivity index (χ4n) is 0.995. The molecule has 0 bridgehead atoms. The zero-order valence-electron chi connectivity index (χ0n) is 5.87. The molecule has 0 aromatic carbocycles. The van der Waals surface area contributed by atoms with E-state index >= 15 is 0 Å². The lowest BCUT2D eigenvalue weighted by Crippen LogP contribution is -1.83. The van der Waals surface area contributed by atoms with Crippen LogP contribution in [0.3, 0.4) is 0 Å². The molecule has 0 amide bonds. The molecule has 1 aliphatic heterocycles. The van der Waals surface area contributed by atoms with Gasteiger partial charge in [0.2, 0.25) is 0 Å². The standard InChI is InChI=1S/C8H9NO/c1-6-2-7(4-9-3-6)8-5-10-8/h2-4,8H,5H2,1H3/t8-/m0/s1. The van der Waals surface area contributed by atoms with Crippen molar-refractivity contribution in [2.45, 2.75) is 13.0 Å². The number of rotatable bonds is 1. The first-order chi connectivity index (χ1) is 4.86. The summed E-state index contributed by atoms with van der Waals surface area (Å²) in [6.45, 7) is 2.91. The van der Waals surface area contributed by atoms with E-state index in [2.05, 4.69) is 11.1 Å². The van der Waals surface area contributed by atoms with Gasteiger partial charge in [0, 0.05) is 18.0 Å². The average Bonchev–Trinajstić information content (AvgIpc) is 2.68. The molecule has 1 fully saturated rings. The van der Waals surface area contributed by atoms with Crippen LogP contribution < -0.4 is 0 Å². The number of hydrogen-bond acceptors (Lipinski definition) is 2. The Morgan fingerprint density at radius 3 is 3.00 bits per heavy atom. The van der Waals surface area contributed by atoms with Gasteiger partial charge >= 0.3 is 0 Å². The number of pyridine rings is 1. The molecule has 2 nitrogen and oxygen atoms in total. The third-order valence-electron chi connectivity index (χ3n) is 1.60. The molecule has 0 unspecified atom stereocenters. The maximum Gasteiger partial charge on any atom is 0.107 e. The Balaban J connectivity index is 2.32. The smallest absolute Gasteiger partial charge is 0.107 e. The Morgan fingerprint density at radius 2 is 2.40 bits per heavy atom. The van der Waals surface area contributed by atoms with Crippen LogP contribution in [0.4, 0.5) is 0 Å². The number of epoxide rings is 1. The second-order valence-corrected chi connectivity index (χ2v) is 2.62. The van der Waals surface area contributed by atoms with Crippen molar-refractivity contribution in [3.05, 3.63) is 29.6 Å². The normalized spacial score (nSPS) is 22.7. The second-order valence-electron chi connectivity index (χ2n) is 2.62. The number of hydrogen-bond donors (Lipinski definition) is 0. The molecule has 1 aromatic heterocycles. The number of nitrogens with zero attached hydrogens (tertiary/aromatic N) is 1. The van der Waals surface area contributed by atoms with Crippen LogP contribution in [-0.4, -0.2) is 11.6 Å². The molecule has 1 aliphatic rings. The van der Waals surface area contributed by atoms with Gasteiger partial charge in [0.1, 0.15) is 6.10 Å². The van der Waals surface area contributed by atoms with Gasteiger partial charge in [-0.3, -0.25) is 4.98 Å². The second kappa shape index (κ2) is 2.06. The molecule has 1 aromatic rings. The van der Waals surface area contributed by atoms with Gasteiger partial charge in [-0.25, -0.2) is 0 Å². The Labute approximate surface area is 59.9 Å². The molecule has 2 rings (SSSR count). The summed E-state index contributed by atoms with van der Waals surface area (Å²) in [6.07, 6.45) is 4.06. The predicted octanol–water partition coefficient (Wildman–Crippen LogP) is 1.46. The fraction of sp³-hybridized carbons (Fsp3) is 0.375. The van der Waals surface area contributed by atoms with Crippen molar-refractivity contribution in [2.75, 3.05) is 6.61 Å². The van der Waals surface area contributed by atoms with E-state index in [1.807, 2.05) is 19.3 Å². The van der Waals surface area contributed by atoms with Crippen molar-refractivity contribution in [3.63, 3.8) is 0 Å². The fourth-order valence-corrected chi connectivity index (χ4v) is 0.995. The lowest BCUT2D eigenvalue weighted by molar-refractivity contribution is 0.415. The van der Waals surface area contributed by atoms with Gasteiger partial charge in [-0.15, -0.1) is 0 Å². The quantitative estimate of drug-likeness (QED) is 0.545. The highest BCUT2D eigenvalue weighted by atomic mass is 16.6. The van der Waals surface area contributed by atoms with Crippen LogP contribution in [0.1, 0.15) is 17.2 Å². The molecule has 0 saturated carbocycles. The molecule has 2 heteroatoms. The van der Waals surface area contributed by atoms with Gasteiger partial charge in [-0.1, -0.05) is 6.07 Å². The summed E-state index contributed by atoms with van der Waals surface area (Å²) in [5, 5.41) is 0. The summed E-state index contributed by atoms with van der Waals surface area (Å²) in [5.41, 5.74) is 2.41. The molecule has 10 heavy (non-hydrogen) atoms. The Hall–Kier alpha value is -0.890. The topological polar surface area (TPSA) is 25.4 Å². The zero-order valence-corrected chi connectivity index (χ0v) is 5.87. The van der Waals surface area contributed by atoms with Crippen LogP contribution >= 0.6 is 0 Å². The first kappa shape index (κ1) is 5.86. The van der Waals surface area contributed by atoms with E-state index in [0.29, 0.717) is 6.10 Å². The Kier molecular flexibility index (Phi) is 1.21. The third-order valence-corrected chi connectivity index (χ3v) is 1.60. The third kappa shape index (κ3) is 1.02. The molecule has 1 atom stereocenters. The van der Waals surface area contributed by atoms with E-state index in [4.69, 9.17) is 4.74 Å². The van der Waals surface area contributed by atoms with Crippen LogP contribution in [-0.2, 0) is 4.74 Å². The Bertz CT molecular complexity index is 243. The first-order valence-corrected chi connectivity index (χ1v) is 3.39. The molecule has 0 N–H and O–H groups in total. The molecule has 0 spiro atoms. The van der Waals surface area contributed by atoms with Crippen LogP contribution in [0.2, 0.25) is 0 Å². The maximum absolute atomic E-state index is 5.11. The molecule has 1 saturated heterocycles. The van der Waals surface area contributed by atoms with Gasteiger partial charge in [0.15, 0.2) is 0 Å². The molecular formula is C8H9NO.